The predicted molar refractivity (Wildman–Crippen MR) is 105 cm³/mol. The summed E-state index contributed by atoms with van der Waals surface area (Å²) in [5.41, 5.74) is 1.42. The molecule has 0 bridgehead atoms. The van der Waals surface area contributed by atoms with Gasteiger partial charge in [0.2, 0.25) is 15.9 Å². The topological polar surface area (TPSA) is 84.9 Å². The van der Waals surface area contributed by atoms with Gasteiger partial charge in [0.15, 0.2) is 0 Å². The number of carbonyl (C=O) groups excluding carboxylic acids is 1. The molecule has 0 saturated heterocycles. The van der Waals surface area contributed by atoms with Gasteiger partial charge in [-0.25, -0.2) is 8.42 Å². The first-order valence-corrected chi connectivity index (χ1v) is 10.2. The molecule has 0 fully saturated rings. The van der Waals surface area contributed by atoms with E-state index in [1.54, 1.807) is 31.4 Å². The molecule has 2 aromatic carbocycles. The molecule has 0 aliphatic rings. The third-order valence-electron chi connectivity index (χ3n) is 3.97. The number of benzene rings is 2. The van der Waals surface area contributed by atoms with Crippen LogP contribution in [0.5, 0.6) is 11.5 Å². The van der Waals surface area contributed by atoms with E-state index in [2.05, 4.69) is 5.32 Å². The first-order chi connectivity index (χ1) is 12.8. The molecule has 1 N–H and O–H groups in total. The maximum Gasteiger partial charge on any atom is 0.239 e. The number of hydrogen-bond donors (Lipinski definition) is 1. The Bertz CT molecular complexity index is 883. The number of para-hydroxylation sites is 1. The van der Waals surface area contributed by atoms with Crippen molar-refractivity contribution in [3.63, 3.8) is 0 Å². The van der Waals surface area contributed by atoms with Crippen molar-refractivity contribution >= 4 is 21.6 Å². The van der Waals surface area contributed by atoms with Crippen LogP contribution in [0.1, 0.15) is 5.56 Å². The summed E-state index contributed by atoms with van der Waals surface area (Å²) < 4.78 is 35.7. The van der Waals surface area contributed by atoms with Crippen LogP contribution in [0.25, 0.3) is 0 Å². The molecule has 8 heteroatoms. The summed E-state index contributed by atoms with van der Waals surface area (Å²) >= 11 is 0. The van der Waals surface area contributed by atoms with Gasteiger partial charge in [0.25, 0.3) is 0 Å². The first-order valence-electron chi connectivity index (χ1n) is 8.34. The fourth-order valence-corrected chi connectivity index (χ4v) is 3.35. The molecule has 7 nitrogen and oxygen atoms in total. The van der Waals surface area contributed by atoms with Crippen molar-refractivity contribution < 1.29 is 22.7 Å². The van der Waals surface area contributed by atoms with E-state index in [1.165, 1.54) is 7.11 Å². The summed E-state index contributed by atoms with van der Waals surface area (Å²) in [5.74, 6) is 0.865. The van der Waals surface area contributed by atoms with Gasteiger partial charge in [-0.1, -0.05) is 24.3 Å². The molecule has 0 aliphatic carbocycles. The van der Waals surface area contributed by atoms with Crippen LogP contribution in [-0.4, -0.2) is 52.2 Å². The number of amides is 1. The summed E-state index contributed by atoms with van der Waals surface area (Å²) in [7, 11) is -0.452. The number of nitrogens with one attached hydrogen (secondary N) is 1. The maximum atomic E-state index is 12.3. The SMILES string of the molecule is COc1cccc(NC(=O)CN(CCc2ccccc2OC)S(C)(=O)=O)c1. The Morgan fingerprint density at radius 2 is 1.81 bits per heavy atom. The number of carbonyl (C=O) groups is 1. The van der Waals surface area contributed by atoms with E-state index in [1.807, 2.05) is 24.3 Å². The predicted octanol–water partition coefficient (Wildman–Crippen LogP) is 2.15. The highest BCUT2D eigenvalue weighted by molar-refractivity contribution is 7.88. The van der Waals surface area contributed by atoms with Gasteiger partial charge in [0, 0.05) is 18.3 Å². The van der Waals surface area contributed by atoms with E-state index in [0.717, 1.165) is 16.1 Å². The monoisotopic (exact) mass is 392 g/mol. The van der Waals surface area contributed by atoms with Crippen molar-refractivity contribution in [2.75, 3.05) is 38.9 Å². The summed E-state index contributed by atoms with van der Waals surface area (Å²) in [5, 5.41) is 2.69. The second kappa shape index (κ2) is 9.38. The number of methoxy groups -OCH3 is 2. The van der Waals surface area contributed by atoms with E-state index in [-0.39, 0.29) is 13.1 Å². The van der Waals surface area contributed by atoms with Crippen molar-refractivity contribution in [3.8, 4) is 11.5 Å². The van der Waals surface area contributed by atoms with Crippen LogP contribution in [0.3, 0.4) is 0 Å². The Kier molecular flexibility index (Phi) is 7.20. The van der Waals surface area contributed by atoms with Crippen LogP contribution >= 0.6 is 0 Å². The number of sulfonamides is 1. The Balaban J connectivity index is 2.04. The van der Waals surface area contributed by atoms with Crippen molar-refractivity contribution in [1.82, 2.24) is 4.31 Å². The zero-order chi connectivity index (χ0) is 19.9. The van der Waals surface area contributed by atoms with Gasteiger partial charge in [0.1, 0.15) is 11.5 Å². The van der Waals surface area contributed by atoms with Crippen LogP contribution < -0.4 is 14.8 Å². The van der Waals surface area contributed by atoms with E-state index >= 15 is 0 Å². The smallest absolute Gasteiger partial charge is 0.239 e. The normalized spacial score (nSPS) is 11.3. The van der Waals surface area contributed by atoms with Gasteiger partial charge in [-0.05, 0) is 30.2 Å². The summed E-state index contributed by atoms with van der Waals surface area (Å²) in [6, 6.07) is 14.3. The number of hydrogen-bond acceptors (Lipinski definition) is 5. The van der Waals surface area contributed by atoms with Crippen molar-refractivity contribution in [3.05, 3.63) is 54.1 Å². The average molecular weight is 392 g/mol. The fraction of sp³-hybridized carbons (Fsp3) is 0.316. The van der Waals surface area contributed by atoms with E-state index in [0.29, 0.717) is 23.6 Å². The molecule has 0 radical (unpaired) electrons. The first kappa shape index (κ1) is 20.7. The highest BCUT2D eigenvalue weighted by Gasteiger charge is 2.20. The molecule has 0 unspecified atom stereocenters. The molecule has 146 valence electrons. The molecule has 0 spiro atoms. The second-order valence-corrected chi connectivity index (χ2v) is 7.92. The van der Waals surface area contributed by atoms with E-state index < -0.39 is 15.9 Å². The van der Waals surface area contributed by atoms with E-state index in [9.17, 15) is 13.2 Å². The Hall–Kier alpha value is -2.58. The third-order valence-corrected chi connectivity index (χ3v) is 5.22. The maximum absolute atomic E-state index is 12.3. The van der Waals surface area contributed by atoms with Gasteiger partial charge >= 0.3 is 0 Å². The minimum Gasteiger partial charge on any atom is -0.497 e. The average Bonchev–Trinajstić information content (AvgIpc) is 2.64. The lowest BCUT2D eigenvalue weighted by molar-refractivity contribution is -0.116. The highest BCUT2D eigenvalue weighted by atomic mass is 32.2. The zero-order valence-electron chi connectivity index (χ0n) is 15.6. The lowest BCUT2D eigenvalue weighted by atomic mass is 10.1. The lowest BCUT2D eigenvalue weighted by Gasteiger charge is -2.20. The summed E-state index contributed by atoms with van der Waals surface area (Å²) in [4.78, 5) is 12.3. The van der Waals surface area contributed by atoms with Crippen molar-refractivity contribution in [1.29, 1.82) is 0 Å². The van der Waals surface area contributed by atoms with Gasteiger partial charge in [-0.2, -0.15) is 4.31 Å². The highest BCUT2D eigenvalue weighted by Crippen LogP contribution is 2.19. The molecule has 0 heterocycles. The molecule has 2 rings (SSSR count). The molecule has 0 aromatic heterocycles. The van der Waals surface area contributed by atoms with Crippen LogP contribution in [0.2, 0.25) is 0 Å². The van der Waals surface area contributed by atoms with Gasteiger partial charge in [0.05, 0.1) is 27.0 Å². The lowest BCUT2D eigenvalue weighted by Crippen LogP contribution is -2.38. The Labute approximate surface area is 160 Å². The van der Waals surface area contributed by atoms with Crippen LogP contribution in [-0.2, 0) is 21.2 Å². The largest absolute Gasteiger partial charge is 0.497 e. The third kappa shape index (κ3) is 6.26. The van der Waals surface area contributed by atoms with Crippen molar-refractivity contribution in [2.24, 2.45) is 0 Å². The molecule has 2 aromatic rings. The number of rotatable bonds is 9. The summed E-state index contributed by atoms with van der Waals surface area (Å²) in [6.45, 7) is -0.101. The van der Waals surface area contributed by atoms with Gasteiger partial charge in [-0.15, -0.1) is 0 Å². The second-order valence-electron chi connectivity index (χ2n) is 5.94. The van der Waals surface area contributed by atoms with E-state index in [4.69, 9.17) is 9.47 Å². The van der Waals surface area contributed by atoms with Crippen molar-refractivity contribution in [2.45, 2.75) is 6.42 Å². The molecule has 1 amide bonds. The molecular formula is C19H24N2O5S. The zero-order valence-corrected chi connectivity index (χ0v) is 16.5. The molecule has 0 saturated carbocycles. The summed E-state index contributed by atoms with van der Waals surface area (Å²) in [6.07, 6.45) is 1.53. The number of nitrogens with zero attached hydrogens (tertiary/aromatic N) is 1. The quantitative estimate of drug-likeness (QED) is 0.707. The standard InChI is InChI=1S/C19H24N2O5S/c1-25-17-9-6-8-16(13-17)20-19(22)14-21(27(3,23)24)12-11-15-7-4-5-10-18(15)26-2/h4-10,13H,11-12,14H2,1-3H3,(H,20,22). The minimum atomic E-state index is -3.55. The molecule has 0 aliphatic heterocycles. The minimum absolute atomic E-state index is 0.171. The van der Waals surface area contributed by atoms with Gasteiger partial charge in [-0.3, -0.25) is 4.79 Å². The van der Waals surface area contributed by atoms with Gasteiger partial charge < -0.3 is 14.8 Å². The van der Waals surface area contributed by atoms with Crippen LogP contribution in [0, 0.1) is 0 Å². The molecular weight excluding hydrogens is 368 g/mol. The Morgan fingerprint density at radius 3 is 2.48 bits per heavy atom. The molecule has 27 heavy (non-hydrogen) atoms. The number of ether oxygens (including phenoxy) is 2. The molecule has 0 atom stereocenters. The fourth-order valence-electron chi connectivity index (χ4n) is 2.58. The Morgan fingerprint density at radius 1 is 1.07 bits per heavy atom. The van der Waals surface area contributed by atoms with Crippen LogP contribution in [0.15, 0.2) is 48.5 Å². The number of anilines is 1. The van der Waals surface area contributed by atoms with Crippen LogP contribution in [0.4, 0.5) is 5.69 Å².